The van der Waals surface area contributed by atoms with Gasteiger partial charge in [0, 0.05) is 37.0 Å². The van der Waals surface area contributed by atoms with Gasteiger partial charge < -0.3 is 16.0 Å². The molecule has 1 aliphatic rings. The summed E-state index contributed by atoms with van der Waals surface area (Å²) >= 11 is 1.80. The minimum atomic E-state index is 0. The van der Waals surface area contributed by atoms with Crippen LogP contribution in [-0.2, 0) is 11.2 Å². The molecule has 0 saturated heterocycles. The van der Waals surface area contributed by atoms with E-state index in [9.17, 15) is 4.79 Å². The smallest absolute Gasteiger partial charge is 0.221 e. The largest absolute Gasteiger partial charge is 0.357 e. The topological polar surface area (TPSA) is 65.5 Å². The first-order chi connectivity index (χ1) is 12.2. The predicted molar refractivity (Wildman–Crippen MR) is 122 cm³/mol. The maximum Gasteiger partial charge on any atom is 0.221 e. The molecule has 0 radical (unpaired) electrons. The molecular weight excluding hydrogens is 459 g/mol. The van der Waals surface area contributed by atoms with Crippen molar-refractivity contribution in [2.24, 2.45) is 10.9 Å². The molecule has 148 valence electrons. The van der Waals surface area contributed by atoms with E-state index >= 15 is 0 Å². The fraction of sp³-hybridized carbons (Fsp3) is 0.684. The first-order valence-corrected chi connectivity index (χ1v) is 10.4. The minimum absolute atomic E-state index is 0. The maximum atomic E-state index is 12.0. The van der Waals surface area contributed by atoms with Crippen molar-refractivity contribution in [2.75, 3.05) is 19.6 Å². The Morgan fingerprint density at radius 2 is 2.12 bits per heavy atom. The van der Waals surface area contributed by atoms with Crippen LogP contribution in [-0.4, -0.2) is 37.5 Å². The Kier molecular flexibility index (Phi) is 11.9. The Labute approximate surface area is 178 Å². The van der Waals surface area contributed by atoms with Gasteiger partial charge in [-0.05, 0) is 43.6 Å². The Hall–Kier alpha value is -0.830. The second kappa shape index (κ2) is 13.4. The Balaban J connectivity index is 0.00000338. The highest BCUT2D eigenvalue weighted by molar-refractivity contribution is 14.0. The van der Waals surface area contributed by atoms with Gasteiger partial charge in [-0.2, -0.15) is 0 Å². The van der Waals surface area contributed by atoms with Crippen molar-refractivity contribution in [1.29, 1.82) is 0 Å². The van der Waals surface area contributed by atoms with Gasteiger partial charge in [-0.3, -0.25) is 9.79 Å². The molecule has 7 heteroatoms. The number of hydrogen-bond acceptors (Lipinski definition) is 3. The quantitative estimate of drug-likeness (QED) is 0.281. The number of aliphatic imine (C=N–C) groups is 1. The van der Waals surface area contributed by atoms with E-state index in [1.165, 1.54) is 17.7 Å². The van der Waals surface area contributed by atoms with Gasteiger partial charge in [0.2, 0.25) is 5.91 Å². The second-order valence-corrected chi connectivity index (χ2v) is 7.87. The summed E-state index contributed by atoms with van der Waals surface area (Å²) in [5, 5.41) is 11.8. The van der Waals surface area contributed by atoms with Crippen molar-refractivity contribution in [2.45, 2.75) is 58.4 Å². The third-order valence-corrected chi connectivity index (χ3v) is 5.30. The fourth-order valence-electron chi connectivity index (χ4n) is 3.09. The van der Waals surface area contributed by atoms with Gasteiger partial charge in [0.05, 0.1) is 0 Å². The van der Waals surface area contributed by atoms with E-state index in [2.05, 4.69) is 52.3 Å². The van der Waals surface area contributed by atoms with Gasteiger partial charge in [0.25, 0.3) is 0 Å². The lowest BCUT2D eigenvalue weighted by molar-refractivity contribution is -0.121. The summed E-state index contributed by atoms with van der Waals surface area (Å²) in [6.07, 6.45) is 6.29. The standard InChI is InChI=1S/C19H32N4OS.HI/c1-3-20-19(22-14-15(2)13-17-9-6-12-25-17)21-11-10-18(24)23-16-7-4-5-8-16;/h6,9,12,15-16H,3-5,7-8,10-11,13-14H2,1-2H3,(H,23,24)(H2,20,21,22);1H. The molecule has 1 fully saturated rings. The highest BCUT2D eigenvalue weighted by Gasteiger charge is 2.16. The zero-order chi connectivity index (χ0) is 17.9. The third kappa shape index (κ3) is 9.21. The molecule has 3 N–H and O–H groups in total. The SMILES string of the molecule is CCNC(=NCC(C)Cc1cccs1)NCCC(=O)NC1CCCC1.I. The molecule has 1 aromatic heterocycles. The monoisotopic (exact) mass is 492 g/mol. The van der Waals surface area contributed by atoms with Gasteiger partial charge in [-0.1, -0.05) is 25.8 Å². The number of hydrogen-bond donors (Lipinski definition) is 3. The summed E-state index contributed by atoms with van der Waals surface area (Å²) in [6.45, 7) is 6.49. The maximum absolute atomic E-state index is 12.0. The molecule has 1 unspecified atom stereocenters. The van der Waals surface area contributed by atoms with E-state index in [0.29, 0.717) is 24.9 Å². The van der Waals surface area contributed by atoms with Crippen LogP contribution in [0.4, 0.5) is 0 Å². The van der Waals surface area contributed by atoms with E-state index in [1.807, 2.05) is 0 Å². The molecule has 1 aromatic rings. The van der Waals surface area contributed by atoms with E-state index in [0.717, 1.165) is 38.3 Å². The third-order valence-electron chi connectivity index (χ3n) is 4.40. The lowest BCUT2D eigenvalue weighted by Gasteiger charge is -2.14. The van der Waals surface area contributed by atoms with Gasteiger partial charge in [0.1, 0.15) is 0 Å². The van der Waals surface area contributed by atoms with Crippen LogP contribution in [0.5, 0.6) is 0 Å². The molecule has 0 spiro atoms. The van der Waals surface area contributed by atoms with E-state index in [-0.39, 0.29) is 29.9 Å². The second-order valence-electron chi connectivity index (χ2n) is 6.83. The molecule has 0 aromatic carbocycles. The number of carbonyl (C=O) groups is 1. The normalized spacial score (nSPS) is 16.0. The van der Waals surface area contributed by atoms with Crippen LogP contribution in [0, 0.1) is 5.92 Å². The van der Waals surface area contributed by atoms with Crippen molar-refractivity contribution >= 4 is 47.2 Å². The Morgan fingerprint density at radius 1 is 1.35 bits per heavy atom. The van der Waals surface area contributed by atoms with Crippen LogP contribution in [0.1, 0.15) is 50.8 Å². The number of rotatable bonds is 9. The molecule has 1 amide bonds. The molecule has 26 heavy (non-hydrogen) atoms. The first-order valence-electron chi connectivity index (χ1n) is 9.51. The van der Waals surface area contributed by atoms with Crippen LogP contribution in [0.2, 0.25) is 0 Å². The summed E-state index contributed by atoms with van der Waals surface area (Å²) in [6, 6.07) is 4.67. The highest BCUT2D eigenvalue weighted by atomic mass is 127. The average Bonchev–Trinajstić information content (AvgIpc) is 3.26. The van der Waals surface area contributed by atoms with Crippen LogP contribution in [0.15, 0.2) is 22.5 Å². The fourth-order valence-corrected chi connectivity index (χ4v) is 3.96. The molecule has 1 saturated carbocycles. The van der Waals surface area contributed by atoms with Crippen LogP contribution in [0.25, 0.3) is 0 Å². The van der Waals surface area contributed by atoms with Gasteiger partial charge in [-0.15, -0.1) is 35.3 Å². The lowest BCUT2D eigenvalue weighted by Crippen LogP contribution is -2.40. The number of halogens is 1. The number of nitrogens with one attached hydrogen (secondary N) is 3. The molecule has 1 atom stereocenters. The van der Waals surface area contributed by atoms with Crippen LogP contribution in [0.3, 0.4) is 0 Å². The summed E-state index contributed by atoms with van der Waals surface area (Å²) in [7, 11) is 0. The summed E-state index contributed by atoms with van der Waals surface area (Å²) in [5.74, 6) is 1.44. The predicted octanol–water partition coefficient (Wildman–Crippen LogP) is 3.55. The number of carbonyl (C=O) groups excluding carboxylic acids is 1. The Morgan fingerprint density at radius 3 is 2.77 bits per heavy atom. The first kappa shape index (κ1) is 23.2. The lowest BCUT2D eigenvalue weighted by atomic mass is 10.1. The molecule has 0 aliphatic heterocycles. The molecule has 1 heterocycles. The molecule has 5 nitrogen and oxygen atoms in total. The number of nitrogens with zero attached hydrogens (tertiary/aromatic N) is 1. The number of thiophene rings is 1. The molecule has 2 rings (SSSR count). The highest BCUT2D eigenvalue weighted by Crippen LogP contribution is 2.17. The summed E-state index contributed by atoms with van der Waals surface area (Å²) in [5.41, 5.74) is 0. The average molecular weight is 492 g/mol. The van der Waals surface area contributed by atoms with Crippen LogP contribution < -0.4 is 16.0 Å². The molecular formula is C19H33IN4OS. The number of guanidine groups is 1. The minimum Gasteiger partial charge on any atom is -0.357 e. The summed E-state index contributed by atoms with van der Waals surface area (Å²) < 4.78 is 0. The van der Waals surface area contributed by atoms with Crippen LogP contribution >= 0.6 is 35.3 Å². The molecule has 1 aliphatic carbocycles. The zero-order valence-electron chi connectivity index (χ0n) is 15.9. The van der Waals surface area contributed by atoms with Crippen molar-refractivity contribution in [1.82, 2.24) is 16.0 Å². The number of amides is 1. The van der Waals surface area contributed by atoms with Gasteiger partial charge >= 0.3 is 0 Å². The Bertz CT molecular complexity index is 530. The van der Waals surface area contributed by atoms with Gasteiger partial charge in [-0.25, -0.2) is 0 Å². The van der Waals surface area contributed by atoms with E-state index in [4.69, 9.17) is 0 Å². The van der Waals surface area contributed by atoms with Crippen molar-refractivity contribution in [3.05, 3.63) is 22.4 Å². The molecule has 0 bridgehead atoms. The van der Waals surface area contributed by atoms with E-state index < -0.39 is 0 Å². The van der Waals surface area contributed by atoms with Gasteiger partial charge in [0.15, 0.2) is 5.96 Å². The van der Waals surface area contributed by atoms with Crippen molar-refractivity contribution in [3.8, 4) is 0 Å². The van der Waals surface area contributed by atoms with Crippen molar-refractivity contribution < 1.29 is 4.79 Å². The van der Waals surface area contributed by atoms with E-state index in [1.54, 1.807) is 11.3 Å². The van der Waals surface area contributed by atoms with Crippen molar-refractivity contribution in [3.63, 3.8) is 0 Å². The summed E-state index contributed by atoms with van der Waals surface area (Å²) in [4.78, 5) is 18.0. The zero-order valence-corrected chi connectivity index (χ0v) is 19.1.